The van der Waals surface area contributed by atoms with E-state index in [0.717, 1.165) is 18.8 Å². The second-order valence-electron chi connectivity index (χ2n) is 4.69. The summed E-state index contributed by atoms with van der Waals surface area (Å²) in [6.07, 6.45) is 2.82. The number of ether oxygens (including phenoxy) is 1. The van der Waals surface area contributed by atoms with Gasteiger partial charge < -0.3 is 15.8 Å². The molecule has 0 bridgehead atoms. The first-order chi connectivity index (χ1) is 7.51. The van der Waals surface area contributed by atoms with Crippen LogP contribution in [-0.2, 0) is 9.53 Å². The fraction of sp³-hybridized carbons (Fsp3) is 0.917. The van der Waals surface area contributed by atoms with Crippen LogP contribution >= 0.6 is 0 Å². The number of carbonyl (C=O) groups is 1. The number of methoxy groups -OCH3 is 1. The Labute approximate surface area is 98.9 Å². The molecule has 0 saturated carbocycles. The molecule has 4 heteroatoms. The van der Waals surface area contributed by atoms with E-state index in [2.05, 4.69) is 19.2 Å². The van der Waals surface area contributed by atoms with E-state index in [1.807, 2.05) is 6.92 Å². The zero-order valence-corrected chi connectivity index (χ0v) is 11.0. The molecule has 0 aliphatic rings. The van der Waals surface area contributed by atoms with Gasteiger partial charge in [-0.25, -0.2) is 0 Å². The predicted molar refractivity (Wildman–Crippen MR) is 66.1 cm³/mol. The molecule has 2 unspecified atom stereocenters. The third-order valence-corrected chi connectivity index (χ3v) is 2.60. The molecule has 0 radical (unpaired) electrons. The number of amides is 1. The fourth-order valence-corrected chi connectivity index (χ4v) is 1.55. The average Bonchev–Trinajstić information content (AvgIpc) is 2.18. The van der Waals surface area contributed by atoms with Crippen molar-refractivity contribution in [2.24, 2.45) is 11.7 Å². The van der Waals surface area contributed by atoms with Gasteiger partial charge in [0.25, 0.3) is 5.91 Å². The molecule has 0 aliphatic heterocycles. The standard InChI is InChI=1S/C12H26N2O2/c1-9(2)6-5-7-10(3)14-12(15)11(8-13)16-4/h9-11H,5-8,13H2,1-4H3,(H,14,15). The maximum absolute atomic E-state index is 11.6. The normalized spacial score (nSPS) is 14.9. The summed E-state index contributed by atoms with van der Waals surface area (Å²) in [4.78, 5) is 11.6. The number of nitrogens with one attached hydrogen (secondary N) is 1. The predicted octanol–water partition coefficient (Wildman–Crippen LogP) is 1.29. The van der Waals surface area contributed by atoms with Crippen molar-refractivity contribution in [3.05, 3.63) is 0 Å². The van der Waals surface area contributed by atoms with Crippen molar-refractivity contribution in [3.63, 3.8) is 0 Å². The van der Waals surface area contributed by atoms with Crippen molar-refractivity contribution in [1.29, 1.82) is 0 Å². The highest BCUT2D eigenvalue weighted by atomic mass is 16.5. The average molecular weight is 230 g/mol. The van der Waals surface area contributed by atoms with Crippen LogP contribution in [0.3, 0.4) is 0 Å². The third kappa shape index (κ3) is 6.80. The molecule has 0 aliphatic carbocycles. The van der Waals surface area contributed by atoms with E-state index in [0.29, 0.717) is 0 Å². The van der Waals surface area contributed by atoms with Crippen LogP contribution < -0.4 is 11.1 Å². The lowest BCUT2D eigenvalue weighted by atomic mass is 10.0. The molecule has 4 nitrogen and oxygen atoms in total. The van der Waals surface area contributed by atoms with Gasteiger partial charge in [0.05, 0.1) is 0 Å². The first-order valence-corrected chi connectivity index (χ1v) is 6.04. The van der Waals surface area contributed by atoms with Gasteiger partial charge in [0.1, 0.15) is 6.10 Å². The van der Waals surface area contributed by atoms with Gasteiger partial charge in [-0.15, -0.1) is 0 Å². The van der Waals surface area contributed by atoms with E-state index in [-0.39, 0.29) is 18.5 Å². The number of carbonyl (C=O) groups excluding carboxylic acids is 1. The molecule has 0 fully saturated rings. The van der Waals surface area contributed by atoms with Crippen molar-refractivity contribution in [2.75, 3.05) is 13.7 Å². The molecule has 3 N–H and O–H groups in total. The molecular formula is C12H26N2O2. The lowest BCUT2D eigenvalue weighted by molar-refractivity contribution is -0.131. The lowest BCUT2D eigenvalue weighted by Crippen LogP contribution is -2.44. The summed E-state index contributed by atoms with van der Waals surface area (Å²) in [5.74, 6) is 0.612. The molecule has 0 saturated heterocycles. The minimum Gasteiger partial charge on any atom is -0.370 e. The Morgan fingerprint density at radius 1 is 1.31 bits per heavy atom. The number of hydrogen-bond donors (Lipinski definition) is 2. The number of hydrogen-bond acceptors (Lipinski definition) is 3. The van der Waals surface area contributed by atoms with Crippen molar-refractivity contribution in [2.45, 2.75) is 52.2 Å². The molecule has 0 rings (SSSR count). The zero-order valence-electron chi connectivity index (χ0n) is 11.0. The first-order valence-electron chi connectivity index (χ1n) is 6.04. The summed E-state index contributed by atoms with van der Waals surface area (Å²) in [7, 11) is 1.50. The molecule has 96 valence electrons. The Balaban J connectivity index is 3.77. The molecule has 0 heterocycles. The van der Waals surface area contributed by atoms with Gasteiger partial charge in [-0.3, -0.25) is 4.79 Å². The largest absolute Gasteiger partial charge is 0.370 e. The Bertz CT molecular complexity index is 191. The van der Waals surface area contributed by atoms with Gasteiger partial charge in [-0.05, 0) is 19.3 Å². The van der Waals surface area contributed by atoms with Crippen molar-refractivity contribution in [3.8, 4) is 0 Å². The van der Waals surface area contributed by atoms with Crippen LogP contribution in [0.5, 0.6) is 0 Å². The zero-order chi connectivity index (χ0) is 12.6. The van der Waals surface area contributed by atoms with Crippen LogP contribution in [0, 0.1) is 5.92 Å². The molecule has 0 aromatic carbocycles. The Morgan fingerprint density at radius 3 is 2.38 bits per heavy atom. The monoisotopic (exact) mass is 230 g/mol. The Morgan fingerprint density at radius 2 is 1.94 bits per heavy atom. The van der Waals surface area contributed by atoms with Crippen LogP contribution in [0.1, 0.15) is 40.0 Å². The van der Waals surface area contributed by atoms with E-state index in [9.17, 15) is 4.79 Å². The number of rotatable bonds is 8. The highest BCUT2D eigenvalue weighted by molar-refractivity contribution is 5.81. The molecule has 16 heavy (non-hydrogen) atoms. The van der Waals surface area contributed by atoms with Crippen LogP contribution in [-0.4, -0.2) is 31.7 Å². The number of nitrogens with two attached hydrogens (primary N) is 1. The SMILES string of the molecule is COC(CN)C(=O)NC(C)CCCC(C)C. The third-order valence-electron chi connectivity index (χ3n) is 2.60. The van der Waals surface area contributed by atoms with Crippen molar-refractivity contribution >= 4 is 5.91 Å². The smallest absolute Gasteiger partial charge is 0.250 e. The topological polar surface area (TPSA) is 64.3 Å². The van der Waals surface area contributed by atoms with Crippen molar-refractivity contribution < 1.29 is 9.53 Å². The highest BCUT2D eigenvalue weighted by Crippen LogP contribution is 2.08. The van der Waals surface area contributed by atoms with E-state index >= 15 is 0 Å². The van der Waals surface area contributed by atoms with E-state index in [1.54, 1.807) is 0 Å². The van der Waals surface area contributed by atoms with E-state index in [4.69, 9.17) is 10.5 Å². The maximum Gasteiger partial charge on any atom is 0.250 e. The fourth-order valence-electron chi connectivity index (χ4n) is 1.55. The minimum absolute atomic E-state index is 0.109. The lowest BCUT2D eigenvalue weighted by Gasteiger charge is -2.18. The molecule has 0 aromatic rings. The summed E-state index contributed by atoms with van der Waals surface area (Å²) < 4.78 is 4.97. The van der Waals surface area contributed by atoms with Gasteiger partial charge in [-0.1, -0.05) is 26.7 Å². The second-order valence-corrected chi connectivity index (χ2v) is 4.69. The van der Waals surface area contributed by atoms with Gasteiger partial charge in [-0.2, -0.15) is 0 Å². The van der Waals surface area contributed by atoms with Crippen LogP contribution in [0.4, 0.5) is 0 Å². The first kappa shape index (κ1) is 15.4. The highest BCUT2D eigenvalue weighted by Gasteiger charge is 2.17. The summed E-state index contributed by atoms with van der Waals surface area (Å²) >= 11 is 0. The summed E-state index contributed by atoms with van der Waals surface area (Å²) in [6.45, 7) is 6.65. The minimum atomic E-state index is -0.521. The van der Waals surface area contributed by atoms with Gasteiger partial charge in [0.15, 0.2) is 0 Å². The molecule has 1 amide bonds. The van der Waals surface area contributed by atoms with Crippen molar-refractivity contribution in [1.82, 2.24) is 5.32 Å². The van der Waals surface area contributed by atoms with Crippen LogP contribution in [0.15, 0.2) is 0 Å². The molecular weight excluding hydrogens is 204 g/mol. The Hall–Kier alpha value is -0.610. The summed E-state index contributed by atoms with van der Waals surface area (Å²) in [5.41, 5.74) is 5.41. The molecule has 0 aromatic heterocycles. The summed E-state index contributed by atoms with van der Waals surface area (Å²) in [5, 5.41) is 2.91. The van der Waals surface area contributed by atoms with E-state index in [1.165, 1.54) is 13.5 Å². The molecule has 2 atom stereocenters. The van der Waals surface area contributed by atoms with Gasteiger partial charge in [0.2, 0.25) is 0 Å². The van der Waals surface area contributed by atoms with Crippen LogP contribution in [0.25, 0.3) is 0 Å². The van der Waals surface area contributed by atoms with Gasteiger partial charge >= 0.3 is 0 Å². The quantitative estimate of drug-likeness (QED) is 0.660. The van der Waals surface area contributed by atoms with E-state index < -0.39 is 6.10 Å². The Kier molecular flexibility index (Phi) is 8.21. The summed E-state index contributed by atoms with van der Waals surface area (Å²) in [6, 6.07) is 0.190. The molecule has 0 spiro atoms. The van der Waals surface area contributed by atoms with Crippen LogP contribution in [0.2, 0.25) is 0 Å². The maximum atomic E-state index is 11.6. The second kappa shape index (κ2) is 8.53. The van der Waals surface area contributed by atoms with Gasteiger partial charge in [0, 0.05) is 19.7 Å².